The summed E-state index contributed by atoms with van der Waals surface area (Å²) in [5.41, 5.74) is 9.00. The summed E-state index contributed by atoms with van der Waals surface area (Å²) in [4.78, 5) is 88.1. The van der Waals surface area contributed by atoms with E-state index in [9.17, 15) is 28.8 Å². The number of anilines is 3. The van der Waals surface area contributed by atoms with Gasteiger partial charge in [0.2, 0.25) is 11.8 Å². The first-order valence-corrected chi connectivity index (χ1v) is 23.4. The number of carbonyl (C=O) groups excluding carboxylic acids is 6. The maximum Gasteiger partial charge on any atom is 0.415 e. The fraction of sp³-hybridized carbons (Fsp3) is 0.388. The number of aromatic amines is 1. The molecule has 2 aliphatic rings. The molecule has 360 valence electrons. The van der Waals surface area contributed by atoms with Crippen LogP contribution >= 0.6 is 11.6 Å². The Morgan fingerprint density at radius 3 is 2.26 bits per heavy atom. The number of piperazine rings is 1. The van der Waals surface area contributed by atoms with Crippen molar-refractivity contribution in [3.63, 3.8) is 0 Å². The molecule has 0 aliphatic carbocycles. The molecular weight excluding hydrogens is 890 g/mol. The SMILES string of the molecule is CNCCN[C@H](C(=O)N[C@@H](CCCNC(N)=O)C(=O)Nc1ccc(C(=O)Nc2ccc3[nH]c(C(=O)N4C[C@@H](CCl)c5c4cc(OC(=O)N4CCN(C)CC4)c4ccccc54)cc3c2)cc1)C(C)C. The van der Waals surface area contributed by atoms with Gasteiger partial charge in [-0.25, -0.2) is 9.59 Å². The fourth-order valence-electron chi connectivity index (χ4n) is 8.60. The molecule has 18 nitrogen and oxygen atoms in total. The van der Waals surface area contributed by atoms with Crippen LogP contribution in [0.5, 0.6) is 5.75 Å². The van der Waals surface area contributed by atoms with Gasteiger partial charge >= 0.3 is 12.1 Å². The molecule has 1 fully saturated rings. The zero-order valence-corrected chi connectivity index (χ0v) is 39.5. The highest BCUT2D eigenvalue weighted by molar-refractivity contribution is 6.19. The van der Waals surface area contributed by atoms with Crippen LogP contribution in [0.25, 0.3) is 21.7 Å². The number of nitrogens with zero attached hydrogens (tertiary/aromatic N) is 3. The number of fused-ring (bicyclic) bond motifs is 4. The fourth-order valence-corrected chi connectivity index (χ4v) is 8.86. The third kappa shape index (κ3) is 11.7. The Kier molecular flexibility index (Phi) is 16.2. The van der Waals surface area contributed by atoms with E-state index in [1.54, 1.807) is 64.4 Å². The van der Waals surface area contributed by atoms with Crippen LogP contribution in [-0.2, 0) is 9.59 Å². The average Bonchev–Trinajstić information content (AvgIpc) is 3.93. The number of benzene rings is 4. The van der Waals surface area contributed by atoms with Crippen LogP contribution in [0.15, 0.2) is 78.9 Å². The zero-order chi connectivity index (χ0) is 48.5. The molecule has 0 radical (unpaired) electrons. The van der Waals surface area contributed by atoms with E-state index in [0.29, 0.717) is 84.1 Å². The van der Waals surface area contributed by atoms with Gasteiger partial charge in [-0.3, -0.25) is 19.2 Å². The van der Waals surface area contributed by atoms with Gasteiger partial charge in [0.05, 0.1) is 11.7 Å². The van der Waals surface area contributed by atoms with Gasteiger partial charge in [0.15, 0.2) is 0 Å². The molecule has 3 atom stereocenters. The Bertz CT molecular complexity index is 2650. The molecule has 1 saturated heterocycles. The van der Waals surface area contributed by atoms with Crippen molar-refractivity contribution in [3.8, 4) is 5.75 Å². The van der Waals surface area contributed by atoms with Crippen molar-refractivity contribution >= 4 is 86.1 Å². The van der Waals surface area contributed by atoms with E-state index in [1.165, 1.54) is 0 Å². The number of hydrogen-bond donors (Lipinski definition) is 8. The number of aromatic nitrogens is 1. The van der Waals surface area contributed by atoms with Crippen LogP contribution < -0.4 is 47.3 Å². The van der Waals surface area contributed by atoms with Gasteiger partial charge in [0.25, 0.3) is 11.8 Å². The molecule has 68 heavy (non-hydrogen) atoms. The number of hydrogen-bond acceptors (Lipinski definition) is 10. The number of ether oxygens (including phenoxy) is 1. The smallest absolute Gasteiger partial charge is 0.409 e. The topological polar surface area (TPSA) is 235 Å². The first kappa shape index (κ1) is 49.2. The number of carbonyl (C=O) groups is 6. The van der Waals surface area contributed by atoms with Gasteiger partial charge in [0, 0.05) is 103 Å². The van der Waals surface area contributed by atoms with Crippen molar-refractivity contribution in [1.29, 1.82) is 0 Å². The summed E-state index contributed by atoms with van der Waals surface area (Å²) < 4.78 is 6.05. The second-order valence-electron chi connectivity index (χ2n) is 17.6. The van der Waals surface area contributed by atoms with E-state index in [1.807, 2.05) is 52.2 Å². The van der Waals surface area contributed by atoms with E-state index in [-0.39, 0.29) is 42.5 Å². The van der Waals surface area contributed by atoms with Crippen LogP contribution in [0.4, 0.5) is 26.7 Å². The summed E-state index contributed by atoms with van der Waals surface area (Å²) in [7, 11) is 3.84. The lowest BCUT2D eigenvalue weighted by atomic mass is 9.95. The number of H-pyrrole nitrogens is 1. The van der Waals surface area contributed by atoms with Crippen LogP contribution in [0.1, 0.15) is 59.0 Å². The van der Waals surface area contributed by atoms with Crippen LogP contribution in [0.3, 0.4) is 0 Å². The minimum absolute atomic E-state index is 0.0502. The van der Waals surface area contributed by atoms with Gasteiger partial charge in [-0.05, 0) is 92.3 Å². The van der Waals surface area contributed by atoms with E-state index in [4.69, 9.17) is 22.1 Å². The molecule has 2 aliphatic heterocycles. The number of rotatable bonds is 18. The molecule has 0 bridgehead atoms. The lowest BCUT2D eigenvalue weighted by molar-refractivity contribution is -0.128. The summed E-state index contributed by atoms with van der Waals surface area (Å²) in [5, 5.41) is 19.7. The lowest BCUT2D eigenvalue weighted by Crippen LogP contribution is -2.54. The van der Waals surface area contributed by atoms with Crippen molar-refractivity contribution in [1.82, 2.24) is 36.1 Å². The predicted octanol–water partition coefficient (Wildman–Crippen LogP) is 5.01. The zero-order valence-electron chi connectivity index (χ0n) is 38.7. The number of likely N-dealkylation sites (N-methyl/N-ethyl adjacent to an activating group) is 2. The quantitative estimate of drug-likeness (QED) is 0.0432. The number of primary amides is 1. The molecule has 0 spiro atoms. The van der Waals surface area contributed by atoms with E-state index < -0.39 is 36.0 Å². The standard InChI is InChI=1S/C49H60ClN11O7/c1-29(2)43(53-19-18-52-3)46(64)58-38(10-7-17-54-48(51)66)45(63)55-33-13-11-30(12-14-33)44(62)56-34-15-16-37-31(24-34)25-39(57-37)47(65)61-28-32(27-50)42-36-9-6-5-8-35(36)41(26-40(42)61)68-49(67)60-22-20-59(4)21-23-60/h5-6,8-9,11-16,24-26,29,32,38,43,52-53,57H,7,10,17-23,27-28H2,1-4H3,(H,55,63)(H,56,62)(H,58,64)(H3,51,54,66)/t32-,38+,43+/m1/s1. The molecular formula is C49H60ClN11O7. The van der Waals surface area contributed by atoms with Crippen LogP contribution in [0, 0.1) is 5.92 Å². The van der Waals surface area contributed by atoms with Crippen molar-refractivity contribution in [3.05, 3.63) is 95.7 Å². The predicted molar refractivity (Wildman–Crippen MR) is 265 cm³/mol. The van der Waals surface area contributed by atoms with Crippen molar-refractivity contribution in [2.45, 2.75) is 44.7 Å². The third-order valence-corrected chi connectivity index (χ3v) is 12.7. The summed E-state index contributed by atoms with van der Waals surface area (Å²) in [5.74, 6) is -1.03. The first-order chi connectivity index (χ1) is 32.7. The highest BCUT2D eigenvalue weighted by Crippen LogP contribution is 2.46. The van der Waals surface area contributed by atoms with Gasteiger partial charge < -0.3 is 62.1 Å². The Hall–Kier alpha value is -6.73. The highest BCUT2D eigenvalue weighted by atomic mass is 35.5. The molecule has 19 heteroatoms. The molecule has 7 amide bonds. The molecule has 4 aromatic carbocycles. The second kappa shape index (κ2) is 22.4. The minimum Gasteiger partial charge on any atom is -0.409 e. The van der Waals surface area contributed by atoms with Gasteiger partial charge in [0.1, 0.15) is 17.5 Å². The molecule has 1 aromatic heterocycles. The number of halogens is 1. The molecule has 0 unspecified atom stereocenters. The summed E-state index contributed by atoms with van der Waals surface area (Å²) in [6, 6.07) is 20.7. The number of nitrogens with two attached hydrogens (primary N) is 1. The van der Waals surface area contributed by atoms with Crippen molar-refractivity contribution < 1.29 is 33.5 Å². The van der Waals surface area contributed by atoms with E-state index in [2.05, 4.69) is 41.8 Å². The largest absolute Gasteiger partial charge is 0.415 e. The normalized spacial score (nSPS) is 15.8. The van der Waals surface area contributed by atoms with Crippen molar-refractivity contribution in [2.24, 2.45) is 11.7 Å². The Morgan fingerprint density at radius 2 is 1.57 bits per heavy atom. The van der Waals surface area contributed by atoms with Crippen molar-refractivity contribution in [2.75, 3.05) is 87.9 Å². The first-order valence-electron chi connectivity index (χ1n) is 22.9. The summed E-state index contributed by atoms with van der Waals surface area (Å²) in [6.45, 7) is 8.21. The Labute approximate surface area is 400 Å². The molecule has 0 saturated carbocycles. The monoisotopic (exact) mass is 949 g/mol. The second-order valence-corrected chi connectivity index (χ2v) is 17.9. The van der Waals surface area contributed by atoms with Gasteiger partial charge in [-0.1, -0.05) is 38.1 Å². The number of alkyl halides is 1. The number of amides is 7. The molecule has 9 N–H and O–H groups in total. The molecule has 7 rings (SSSR count). The lowest BCUT2D eigenvalue weighted by Gasteiger charge is -2.31. The molecule has 3 heterocycles. The Morgan fingerprint density at radius 1 is 0.853 bits per heavy atom. The van der Waals surface area contributed by atoms with Gasteiger partial charge in [-0.15, -0.1) is 11.6 Å². The molecule has 5 aromatic rings. The maximum absolute atomic E-state index is 14.4. The minimum atomic E-state index is -0.919. The number of nitrogens with one attached hydrogen (secondary N) is 7. The summed E-state index contributed by atoms with van der Waals surface area (Å²) in [6.07, 6.45) is 0.175. The number of urea groups is 1. The highest BCUT2D eigenvalue weighted by Gasteiger charge is 2.36. The van der Waals surface area contributed by atoms with Crippen LogP contribution in [-0.4, -0.2) is 135 Å². The summed E-state index contributed by atoms with van der Waals surface area (Å²) >= 11 is 6.55. The maximum atomic E-state index is 14.4. The van der Waals surface area contributed by atoms with E-state index >= 15 is 0 Å². The van der Waals surface area contributed by atoms with Gasteiger partial charge in [-0.2, -0.15) is 0 Å². The van der Waals surface area contributed by atoms with E-state index in [0.717, 1.165) is 29.4 Å². The average molecular weight is 951 g/mol. The Balaban J connectivity index is 1.02. The van der Waals surface area contributed by atoms with Crippen LogP contribution in [0.2, 0.25) is 0 Å². The third-order valence-electron chi connectivity index (χ3n) is 12.3.